The fourth-order valence-electron chi connectivity index (χ4n) is 1.50. The molecule has 0 aliphatic heterocycles. The number of benzene rings is 1. The highest BCUT2D eigenvalue weighted by Gasteiger charge is 2.12. The molecule has 0 N–H and O–H groups in total. The molecule has 0 heterocycles. The van der Waals surface area contributed by atoms with Gasteiger partial charge in [0.05, 0.1) is 11.6 Å². The van der Waals surface area contributed by atoms with Gasteiger partial charge < -0.3 is 9.58 Å². The van der Waals surface area contributed by atoms with E-state index in [-0.39, 0.29) is 0 Å². The fraction of sp³-hybridized carbons (Fsp3) is 0.417. The van der Waals surface area contributed by atoms with E-state index in [4.69, 9.17) is 11.3 Å². The molecule has 0 spiro atoms. The Balaban J connectivity index is 3.20. The Morgan fingerprint density at radius 1 is 1.47 bits per heavy atom. The maximum absolute atomic E-state index is 6.80. The third-order valence-electron chi connectivity index (χ3n) is 2.50. The van der Waals surface area contributed by atoms with E-state index in [0.29, 0.717) is 6.54 Å². The summed E-state index contributed by atoms with van der Waals surface area (Å²) < 4.78 is 6.36. The summed E-state index contributed by atoms with van der Waals surface area (Å²) >= 11 is 3.53. The van der Waals surface area contributed by atoms with Crippen LogP contribution in [0, 0.1) is 20.4 Å². The molecular formula is C12H14BrNO. The average molecular weight is 268 g/mol. The zero-order valence-corrected chi connectivity index (χ0v) is 10.8. The van der Waals surface area contributed by atoms with Crippen molar-refractivity contribution in [2.75, 3.05) is 13.7 Å². The molecule has 0 atom stereocenters. The van der Waals surface area contributed by atoms with E-state index < -0.39 is 0 Å². The first-order valence-corrected chi connectivity index (χ1v) is 5.57. The molecule has 1 rings (SSSR count). The zero-order chi connectivity index (χ0) is 11.4. The van der Waals surface area contributed by atoms with Crippen LogP contribution in [0.15, 0.2) is 10.5 Å². The van der Waals surface area contributed by atoms with Gasteiger partial charge in [0.2, 0.25) is 6.54 Å². The van der Waals surface area contributed by atoms with Gasteiger partial charge in [-0.05, 0) is 40.9 Å². The quantitative estimate of drug-likeness (QED) is 0.764. The number of hydrogen-bond donors (Lipinski definition) is 0. The smallest absolute Gasteiger partial charge is 0.218 e. The minimum Gasteiger partial charge on any atom is -0.495 e. The van der Waals surface area contributed by atoms with Crippen LogP contribution in [0.4, 0.5) is 0 Å². The highest BCUT2D eigenvalue weighted by molar-refractivity contribution is 9.10. The number of nitrogens with zero attached hydrogens (tertiary/aromatic N) is 1. The van der Waals surface area contributed by atoms with E-state index in [9.17, 15) is 0 Å². The maximum atomic E-state index is 6.80. The van der Waals surface area contributed by atoms with Gasteiger partial charge in [0.1, 0.15) is 5.75 Å². The molecule has 0 aromatic heterocycles. The number of aryl methyl sites for hydroxylation is 1. The molecule has 0 radical (unpaired) electrons. The first-order chi connectivity index (χ1) is 7.11. The standard InChI is InChI=1S/C12H14BrNO/c1-8-7-10(5-6-14-3)12(15-4)11(13)9(8)2/h7H,5-6H2,1-2,4H3. The minimum atomic E-state index is 0.505. The molecule has 15 heavy (non-hydrogen) atoms. The summed E-state index contributed by atoms with van der Waals surface area (Å²) in [6, 6.07) is 2.10. The summed E-state index contributed by atoms with van der Waals surface area (Å²) in [7, 11) is 1.66. The van der Waals surface area contributed by atoms with Crippen LogP contribution in [0.3, 0.4) is 0 Å². The summed E-state index contributed by atoms with van der Waals surface area (Å²) in [5, 5.41) is 0. The van der Waals surface area contributed by atoms with Crippen LogP contribution in [0.25, 0.3) is 4.85 Å². The van der Waals surface area contributed by atoms with Gasteiger partial charge in [-0.3, -0.25) is 0 Å². The molecule has 0 saturated heterocycles. The van der Waals surface area contributed by atoms with Crippen LogP contribution in [0.2, 0.25) is 0 Å². The van der Waals surface area contributed by atoms with Crippen molar-refractivity contribution in [3.8, 4) is 5.75 Å². The van der Waals surface area contributed by atoms with Crippen molar-refractivity contribution in [2.45, 2.75) is 20.3 Å². The summed E-state index contributed by atoms with van der Waals surface area (Å²) in [4.78, 5) is 3.37. The highest BCUT2D eigenvalue weighted by atomic mass is 79.9. The Morgan fingerprint density at radius 3 is 2.67 bits per heavy atom. The summed E-state index contributed by atoms with van der Waals surface area (Å²) in [5.41, 5.74) is 3.52. The van der Waals surface area contributed by atoms with E-state index in [0.717, 1.165) is 22.2 Å². The Bertz CT molecular complexity index is 407. The molecule has 0 aliphatic rings. The van der Waals surface area contributed by atoms with E-state index in [1.54, 1.807) is 7.11 Å². The number of methoxy groups -OCH3 is 1. The summed E-state index contributed by atoms with van der Waals surface area (Å²) in [5.74, 6) is 0.863. The highest BCUT2D eigenvalue weighted by Crippen LogP contribution is 2.34. The molecule has 1 aromatic carbocycles. The fourth-order valence-corrected chi connectivity index (χ4v) is 2.23. The van der Waals surface area contributed by atoms with E-state index >= 15 is 0 Å². The van der Waals surface area contributed by atoms with Gasteiger partial charge in [0.15, 0.2) is 0 Å². The number of ether oxygens (including phenoxy) is 1. The lowest BCUT2D eigenvalue weighted by Crippen LogP contribution is -1.98. The summed E-state index contributed by atoms with van der Waals surface area (Å²) in [6.07, 6.45) is 0.742. The van der Waals surface area contributed by atoms with Crippen molar-refractivity contribution < 1.29 is 4.74 Å². The van der Waals surface area contributed by atoms with Gasteiger partial charge in [-0.1, -0.05) is 6.07 Å². The third-order valence-corrected chi connectivity index (χ3v) is 3.45. The first kappa shape index (κ1) is 12.1. The van der Waals surface area contributed by atoms with Gasteiger partial charge in [-0.25, -0.2) is 6.57 Å². The largest absolute Gasteiger partial charge is 0.495 e. The minimum absolute atomic E-state index is 0.505. The van der Waals surface area contributed by atoms with Crippen LogP contribution >= 0.6 is 15.9 Å². The normalized spacial score (nSPS) is 9.80. The van der Waals surface area contributed by atoms with E-state index in [2.05, 4.69) is 40.7 Å². The van der Waals surface area contributed by atoms with Crippen molar-refractivity contribution in [1.82, 2.24) is 0 Å². The van der Waals surface area contributed by atoms with E-state index in [1.807, 2.05) is 0 Å². The lowest BCUT2D eigenvalue weighted by Gasteiger charge is -2.13. The lowest BCUT2D eigenvalue weighted by molar-refractivity contribution is 0.407. The van der Waals surface area contributed by atoms with Crippen LogP contribution in [-0.4, -0.2) is 13.7 Å². The molecule has 0 bridgehead atoms. The van der Waals surface area contributed by atoms with Gasteiger partial charge in [0, 0.05) is 12.0 Å². The molecule has 0 unspecified atom stereocenters. The molecular weight excluding hydrogens is 254 g/mol. The molecule has 0 saturated carbocycles. The number of halogens is 1. The molecule has 3 heteroatoms. The molecule has 1 aromatic rings. The predicted octanol–water partition coefficient (Wildman–Crippen LogP) is 3.54. The Labute approximate surface area is 99.2 Å². The van der Waals surface area contributed by atoms with Crippen molar-refractivity contribution in [2.24, 2.45) is 0 Å². The monoisotopic (exact) mass is 267 g/mol. The van der Waals surface area contributed by atoms with Gasteiger partial charge in [-0.2, -0.15) is 0 Å². The lowest BCUT2D eigenvalue weighted by atomic mass is 10.0. The van der Waals surface area contributed by atoms with Crippen molar-refractivity contribution >= 4 is 15.9 Å². The molecule has 0 amide bonds. The molecule has 80 valence electrons. The Kier molecular flexibility index (Phi) is 4.16. The van der Waals surface area contributed by atoms with Crippen LogP contribution in [0.5, 0.6) is 5.75 Å². The topological polar surface area (TPSA) is 13.6 Å². The van der Waals surface area contributed by atoms with Crippen LogP contribution in [0.1, 0.15) is 16.7 Å². The van der Waals surface area contributed by atoms with Crippen molar-refractivity contribution in [1.29, 1.82) is 0 Å². The van der Waals surface area contributed by atoms with Crippen LogP contribution in [-0.2, 0) is 6.42 Å². The predicted molar refractivity (Wildman–Crippen MR) is 65.3 cm³/mol. The average Bonchev–Trinajstić information content (AvgIpc) is 2.23. The van der Waals surface area contributed by atoms with Crippen LogP contribution < -0.4 is 4.74 Å². The third kappa shape index (κ3) is 2.51. The van der Waals surface area contributed by atoms with Gasteiger partial charge >= 0.3 is 0 Å². The van der Waals surface area contributed by atoms with Crippen molar-refractivity contribution in [3.05, 3.63) is 38.6 Å². The summed E-state index contributed by atoms with van der Waals surface area (Å²) in [6.45, 7) is 11.4. The molecule has 0 fully saturated rings. The number of hydrogen-bond acceptors (Lipinski definition) is 1. The first-order valence-electron chi connectivity index (χ1n) is 4.77. The second kappa shape index (κ2) is 5.18. The Hall–Kier alpha value is -1.01. The maximum Gasteiger partial charge on any atom is 0.218 e. The second-order valence-electron chi connectivity index (χ2n) is 3.46. The van der Waals surface area contributed by atoms with Gasteiger partial charge in [0.25, 0.3) is 0 Å². The van der Waals surface area contributed by atoms with Crippen molar-refractivity contribution in [3.63, 3.8) is 0 Å². The van der Waals surface area contributed by atoms with E-state index in [1.165, 1.54) is 11.1 Å². The molecule has 0 aliphatic carbocycles. The Morgan fingerprint density at radius 2 is 2.13 bits per heavy atom. The SMILES string of the molecule is [C-]#[N+]CCc1cc(C)c(C)c(Br)c1OC. The second-order valence-corrected chi connectivity index (χ2v) is 4.25. The number of rotatable bonds is 3. The molecule has 2 nitrogen and oxygen atoms in total. The zero-order valence-electron chi connectivity index (χ0n) is 9.22. The van der Waals surface area contributed by atoms with Gasteiger partial charge in [-0.15, -0.1) is 0 Å².